The summed E-state index contributed by atoms with van der Waals surface area (Å²) >= 11 is 0. The van der Waals surface area contributed by atoms with Crippen molar-refractivity contribution in [1.82, 2.24) is 0 Å². The fourth-order valence-electron chi connectivity index (χ4n) is 16.2. The average Bonchev–Trinajstić information content (AvgIpc) is 3.35. The summed E-state index contributed by atoms with van der Waals surface area (Å²) in [5.41, 5.74) is -4.56. The molecule has 8 unspecified atom stereocenters. The van der Waals surface area contributed by atoms with Gasteiger partial charge < -0.3 is 99.2 Å². The molecule has 0 aromatic heterocycles. The van der Waals surface area contributed by atoms with Gasteiger partial charge in [0, 0.05) is 16.4 Å². The van der Waals surface area contributed by atoms with Gasteiger partial charge in [-0.2, -0.15) is 0 Å². The number of carboxylic acid groups (broad SMARTS) is 1. The molecule has 23 heteroatoms. The van der Waals surface area contributed by atoms with Crippen LogP contribution < -0.4 is 0 Å². The quantitative estimate of drug-likeness (QED) is 0.0470. The third kappa shape index (κ3) is 9.76. The summed E-state index contributed by atoms with van der Waals surface area (Å²) in [6.45, 7) is 18.5. The molecule has 3 saturated heterocycles. The molecule has 8 aliphatic rings. The van der Waals surface area contributed by atoms with Crippen LogP contribution in [0.15, 0.2) is 23.3 Å². The van der Waals surface area contributed by atoms with E-state index in [9.17, 15) is 75.7 Å². The van der Waals surface area contributed by atoms with Crippen LogP contribution in [0.4, 0.5) is 0 Å². The summed E-state index contributed by atoms with van der Waals surface area (Å²) < 4.78 is 49.0. The maximum absolute atomic E-state index is 13.7. The van der Waals surface area contributed by atoms with Crippen molar-refractivity contribution >= 4 is 17.9 Å². The van der Waals surface area contributed by atoms with E-state index in [0.717, 1.165) is 5.57 Å². The SMILES string of the molecule is C/C=C(/C)C(=O)O[C@H]1[C@H](OC(=O)C(C)C)[C@@]2(CO)C(CC1(C)C)C1=CCC3[C@@]4(C)CC[C@H](O[C@@H]5OC(C(=O)O)[C@@H](O)[C@@H](O[C@@H]6O[C@@H](CO)[C@@H](O)C6O)C5O[C@@H]5OC(CO)[C@H](O)[C@@H](O)C5O)C(C)(C)C4CC[C@@]3(C)[C@]1(C)[C@@H](O)[C@H]2O. The summed E-state index contributed by atoms with van der Waals surface area (Å²) in [5, 5.41) is 134. The van der Waals surface area contributed by atoms with Crippen molar-refractivity contribution in [3.63, 3.8) is 0 Å². The fourth-order valence-corrected chi connectivity index (χ4v) is 16.2. The standard InChI is InChI=1S/C56H88O23/c1-12-24(4)47(71)78-43-44(79-46(70)23(2)3)56(22-59)26(19-51(43,5)6)25-13-14-30-53(9)17-16-31(52(7,8)29(53)15-18-54(30,10)55(25,11)41(66)42(56)67)74-50-40(77-49-36(64)34(62)32(60)27(20-57)72-49)38(37(65)39(76-50)45(68)69)75-48-35(63)33(61)28(21-58)73-48/h12-13,23,26-44,48-50,57-67H,14-22H2,1-11H3,(H,68,69)/b24-12-/t26?,27?,28-,29?,30?,31-,32-,33+,34+,35?,36?,37-,38+,39?,40?,41-,42+,43-,44-,48-,49-,50+,53-,54+,55-,56-/m0/s1. The van der Waals surface area contributed by atoms with E-state index in [-0.39, 0.29) is 11.8 Å². The third-order valence-electron chi connectivity index (χ3n) is 21.1. The molecule has 7 fully saturated rings. The topological polar surface area (TPSA) is 368 Å². The molecule has 0 amide bonds. The predicted octanol–water partition coefficient (Wildman–Crippen LogP) is -0.0475. The Morgan fingerprint density at radius 1 is 0.696 bits per heavy atom. The highest BCUT2D eigenvalue weighted by atomic mass is 16.8. The monoisotopic (exact) mass is 1130 g/mol. The predicted molar refractivity (Wildman–Crippen MR) is 272 cm³/mol. The van der Waals surface area contributed by atoms with Gasteiger partial charge >= 0.3 is 17.9 Å². The van der Waals surface area contributed by atoms with Crippen LogP contribution in [-0.2, 0) is 52.3 Å². The van der Waals surface area contributed by atoms with Gasteiger partial charge in [0.15, 0.2) is 31.1 Å². The summed E-state index contributed by atoms with van der Waals surface area (Å²) in [4.78, 5) is 40.1. The van der Waals surface area contributed by atoms with E-state index < -0.39 is 199 Å². The lowest BCUT2D eigenvalue weighted by molar-refractivity contribution is -0.386. The van der Waals surface area contributed by atoms with E-state index in [4.69, 9.17) is 37.9 Å². The van der Waals surface area contributed by atoms with E-state index in [1.165, 1.54) is 0 Å². The van der Waals surface area contributed by atoms with Crippen LogP contribution in [-0.4, -0.2) is 216 Å². The van der Waals surface area contributed by atoms with Crippen molar-refractivity contribution < 1.29 is 114 Å². The van der Waals surface area contributed by atoms with Gasteiger partial charge in [-0.25, -0.2) is 9.59 Å². The summed E-state index contributed by atoms with van der Waals surface area (Å²) in [7, 11) is 0. The van der Waals surface area contributed by atoms with E-state index in [1.54, 1.807) is 33.8 Å². The molecule has 0 bridgehead atoms. The fraction of sp³-hybridized carbons (Fsp3) is 0.875. The molecule has 23 nitrogen and oxygen atoms in total. The molecule has 8 rings (SSSR count). The van der Waals surface area contributed by atoms with Crippen LogP contribution in [0.2, 0.25) is 0 Å². The van der Waals surface area contributed by atoms with E-state index >= 15 is 0 Å². The second-order valence-electron chi connectivity index (χ2n) is 26.2. The number of carbonyl (C=O) groups excluding carboxylic acids is 2. The van der Waals surface area contributed by atoms with Crippen molar-refractivity contribution in [2.75, 3.05) is 19.8 Å². The highest BCUT2D eigenvalue weighted by Gasteiger charge is 2.76. The number of aliphatic hydroxyl groups is 11. The largest absolute Gasteiger partial charge is 0.479 e. The van der Waals surface area contributed by atoms with Crippen LogP contribution in [0.3, 0.4) is 0 Å². The van der Waals surface area contributed by atoms with Crippen LogP contribution >= 0.6 is 0 Å². The van der Waals surface area contributed by atoms with Gasteiger partial charge in [0.25, 0.3) is 0 Å². The molecule has 5 aliphatic carbocycles. The number of ether oxygens (including phenoxy) is 8. The summed E-state index contributed by atoms with van der Waals surface area (Å²) in [6, 6.07) is 0. The molecule has 12 N–H and O–H groups in total. The van der Waals surface area contributed by atoms with Crippen LogP contribution in [0.25, 0.3) is 0 Å². The zero-order chi connectivity index (χ0) is 58.6. The van der Waals surface area contributed by atoms with E-state index in [2.05, 4.69) is 19.9 Å². The van der Waals surface area contributed by atoms with Gasteiger partial charge in [0.2, 0.25) is 0 Å². The highest BCUT2D eigenvalue weighted by Crippen LogP contribution is 2.76. The molecule has 0 aromatic rings. The maximum atomic E-state index is 13.7. The number of hydrogen-bond acceptors (Lipinski definition) is 22. The number of fused-ring (bicyclic) bond motifs is 7. The minimum Gasteiger partial charge on any atom is -0.479 e. The lowest BCUT2D eigenvalue weighted by atomic mass is 9.32. The van der Waals surface area contributed by atoms with Crippen molar-refractivity contribution in [1.29, 1.82) is 0 Å². The zero-order valence-electron chi connectivity index (χ0n) is 47.2. The molecular weight excluding hydrogens is 1040 g/mol. The second kappa shape index (κ2) is 22.3. The van der Waals surface area contributed by atoms with Gasteiger partial charge in [-0.15, -0.1) is 0 Å². The Hall–Kier alpha value is -2.79. The van der Waals surface area contributed by atoms with Crippen LogP contribution in [0.5, 0.6) is 0 Å². The molecule has 79 heavy (non-hydrogen) atoms. The maximum Gasteiger partial charge on any atom is 0.335 e. The smallest absolute Gasteiger partial charge is 0.335 e. The number of esters is 2. The molecule has 3 aliphatic heterocycles. The molecule has 0 aromatic carbocycles. The van der Waals surface area contributed by atoms with Crippen molar-refractivity contribution in [3.8, 4) is 0 Å². The Morgan fingerprint density at radius 2 is 1.28 bits per heavy atom. The third-order valence-corrected chi connectivity index (χ3v) is 21.1. The molecule has 3 heterocycles. The van der Waals surface area contributed by atoms with E-state index in [0.29, 0.717) is 44.1 Å². The number of aliphatic hydroxyl groups excluding tert-OH is 11. The van der Waals surface area contributed by atoms with Gasteiger partial charge in [0.1, 0.15) is 67.1 Å². The first-order valence-electron chi connectivity index (χ1n) is 28.0. The molecule has 4 saturated carbocycles. The highest BCUT2D eigenvalue weighted by molar-refractivity contribution is 5.87. The number of carbonyl (C=O) groups is 3. The average molecular weight is 1130 g/mol. The number of rotatable bonds is 14. The Labute approximate surface area is 460 Å². The number of allylic oxidation sites excluding steroid dienone is 2. The second-order valence-corrected chi connectivity index (χ2v) is 26.2. The van der Waals surface area contributed by atoms with Gasteiger partial charge in [0.05, 0.1) is 49.5 Å². The molecule has 26 atom stereocenters. The molecule has 450 valence electrons. The minimum atomic E-state index is -2.12. The zero-order valence-corrected chi connectivity index (χ0v) is 47.2. The van der Waals surface area contributed by atoms with Crippen LogP contribution in [0, 0.1) is 56.2 Å². The molecular formula is C56H88O23. The number of aliphatic carboxylic acids is 1. The lowest BCUT2D eigenvalue weighted by Crippen LogP contribution is -2.76. The van der Waals surface area contributed by atoms with Crippen LogP contribution in [0.1, 0.15) is 115 Å². The summed E-state index contributed by atoms with van der Waals surface area (Å²) in [5.74, 6) is -4.49. The first-order valence-corrected chi connectivity index (χ1v) is 28.0. The Morgan fingerprint density at radius 3 is 1.84 bits per heavy atom. The molecule has 0 spiro atoms. The first-order chi connectivity index (χ1) is 36.8. The minimum absolute atomic E-state index is 0.145. The van der Waals surface area contributed by atoms with Crippen molar-refractivity contribution in [3.05, 3.63) is 23.3 Å². The Balaban J connectivity index is 1.14. The van der Waals surface area contributed by atoms with Gasteiger partial charge in [-0.05, 0) is 86.4 Å². The Bertz CT molecular complexity index is 2310. The van der Waals surface area contributed by atoms with Crippen molar-refractivity contribution in [2.45, 2.75) is 231 Å². The Kier molecular flexibility index (Phi) is 17.6. The lowest BCUT2D eigenvalue weighted by Gasteiger charge is -2.73. The molecule has 0 radical (unpaired) electrons. The number of hydrogen-bond donors (Lipinski definition) is 12. The van der Waals surface area contributed by atoms with E-state index in [1.807, 2.05) is 34.6 Å². The van der Waals surface area contributed by atoms with Gasteiger partial charge in [-0.3, -0.25) is 4.79 Å². The van der Waals surface area contributed by atoms with Gasteiger partial charge in [-0.1, -0.05) is 80.0 Å². The number of carboxylic acids is 1. The normalized spacial score (nSPS) is 49.4. The van der Waals surface area contributed by atoms with Crippen molar-refractivity contribution in [2.24, 2.45) is 56.2 Å². The summed E-state index contributed by atoms with van der Waals surface area (Å²) in [6.07, 6.45) is -25.3. The first kappa shape index (κ1) is 62.3.